The monoisotopic (exact) mass is 759 g/mol. The Bertz CT molecular complexity index is 2340. The van der Waals surface area contributed by atoms with Crippen LogP contribution >= 0.6 is 0 Å². The number of nitrogens with zero attached hydrogens (tertiary/aromatic N) is 5. The molecule has 1 aliphatic rings. The maximum atomic E-state index is 8.06. The van der Waals surface area contributed by atoms with Crippen LogP contribution in [0.5, 0.6) is 0 Å². The molecule has 3 heterocycles. The average Bonchev–Trinajstić information content (AvgIpc) is 3.65. The summed E-state index contributed by atoms with van der Waals surface area (Å²) in [6.45, 7) is -4.77. The molecule has 5 aromatic carbocycles. The fourth-order valence-electron chi connectivity index (χ4n) is 5.66. The molecular formula is C37H28N5OPt-. The topological polar surface area (TPSA) is 40.3 Å². The van der Waals surface area contributed by atoms with Crippen LogP contribution in [0.25, 0.3) is 27.6 Å². The van der Waals surface area contributed by atoms with Crippen molar-refractivity contribution in [2.45, 2.75) is 6.85 Å². The molecule has 0 saturated carbocycles. The van der Waals surface area contributed by atoms with E-state index in [-0.39, 0.29) is 26.6 Å². The molecule has 0 radical (unpaired) electrons. The summed E-state index contributed by atoms with van der Waals surface area (Å²) in [5.74, 6) is 0.473. The molecule has 0 unspecified atom stereocenters. The molecule has 8 rings (SSSR count). The third kappa shape index (κ3) is 4.64. The van der Waals surface area contributed by atoms with E-state index in [0.717, 1.165) is 32.6 Å². The molecule has 1 N–H and O–H groups in total. The molecule has 0 saturated heterocycles. The van der Waals surface area contributed by atoms with Crippen molar-refractivity contribution in [2.75, 3.05) is 22.0 Å². The van der Waals surface area contributed by atoms with Gasteiger partial charge in [0.25, 0.3) is 0 Å². The summed E-state index contributed by atoms with van der Waals surface area (Å²) in [6, 6.07) is 44.9. The summed E-state index contributed by atoms with van der Waals surface area (Å²) in [5, 5.41) is 4.55. The predicted molar refractivity (Wildman–Crippen MR) is 174 cm³/mol. The second-order valence-electron chi connectivity index (χ2n) is 10.2. The van der Waals surface area contributed by atoms with Gasteiger partial charge in [-0.25, -0.2) is 4.98 Å². The van der Waals surface area contributed by atoms with E-state index >= 15 is 0 Å². The number of benzene rings is 5. The third-order valence-electron chi connectivity index (χ3n) is 7.55. The van der Waals surface area contributed by atoms with Gasteiger partial charge in [-0.15, -0.1) is 45.8 Å². The summed E-state index contributed by atoms with van der Waals surface area (Å²) in [4.78, 5) is 11.1. The average molecular weight is 760 g/mol. The van der Waals surface area contributed by atoms with Gasteiger partial charge < -0.3 is 9.47 Å². The largest absolute Gasteiger partial charge is 0.358 e. The summed E-state index contributed by atoms with van der Waals surface area (Å²) in [7, 11) is 0. The first-order chi connectivity index (χ1) is 23.6. The van der Waals surface area contributed by atoms with Crippen LogP contribution < -0.4 is 15.0 Å². The molecule has 0 aliphatic carbocycles. The van der Waals surface area contributed by atoms with Gasteiger partial charge in [-0.2, -0.15) is 17.1 Å². The number of fused-ring (bicyclic) bond motifs is 4. The number of rotatable bonds is 5. The van der Waals surface area contributed by atoms with Crippen LogP contribution in [0.3, 0.4) is 0 Å². The van der Waals surface area contributed by atoms with Crippen molar-refractivity contribution in [2.24, 2.45) is 0 Å². The van der Waals surface area contributed by atoms with Crippen molar-refractivity contribution in [3.63, 3.8) is 0 Å². The summed E-state index contributed by atoms with van der Waals surface area (Å²) in [5.41, 5.74) is 5.67. The number of hydroxylamine groups is 1. The van der Waals surface area contributed by atoms with Crippen LogP contribution in [0.15, 0.2) is 128 Å². The minimum Gasteiger partial charge on any atom is -0.358 e. The fraction of sp³-hybridized carbons (Fsp3) is 0.0541. The van der Waals surface area contributed by atoms with E-state index in [0.29, 0.717) is 34.3 Å². The van der Waals surface area contributed by atoms with E-state index in [2.05, 4.69) is 22.1 Å². The Morgan fingerprint density at radius 2 is 1.55 bits per heavy atom. The van der Waals surface area contributed by atoms with Gasteiger partial charge in [0.2, 0.25) is 0 Å². The van der Waals surface area contributed by atoms with E-state index < -0.39 is 13.8 Å². The zero-order valence-corrected chi connectivity index (χ0v) is 25.4. The number of anilines is 6. The second kappa shape index (κ2) is 11.3. The SMILES string of the molecule is [2H]C([2H])([2H])c1ccnc(-n2c3[c-]c(N(c4[c-]c(N5[OH+]N(C([2H])([2H])[2H])c6ccccc65)ccc4)c4ccccc4)ccc3c3ccccc32)c1.[Pt]. The van der Waals surface area contributed by atoms with Crippen LogP contribution in [0, 0.1) is 19.0 Å². The third-order valence-corrected chi connectivity index (χ3v) is 7.55. The normalized spacial score (nSPS) is 15.0. The van der Waals surface area contributed by atoms with Crippen molar-refractivity contribution in [1.82, 2.24) is 9.55 Å². The molecule has 0 bridgehead atoms. The number of aromatic nitrogens is 2. The molecule has 7 heteroatoms. The summed E-state index contributed by atoms with van der Waals surface area (Å²) < 4.78 is 50.1. The van der Waals surface area contributed by atoms with Crippen LogP contribution in [0.4, 0.5) is 34.1 Å². The Hall–Kier alpha value is -4.90. The van der Waals surface area contributed by atoms with E-state index in [4.69, 9.17) is 8.22 Å². The number of aryl methyl sites for hydroxylation is 1. The Labute approximate surface area is 279 Å². The Morgan fingerprint density at radius 3 is 2.41 bits per heavy atom. The number of hydrogen-bond acceptors (Lipinski definition) is 4. The fourth-order valence-corrected chi connectivity index (χ4v) is 5.66. The molecular weight excluding hydrogens is 726 g/mol. The first kappa shape index (κ1) is 21.7. The van der Waals surface area contributed by atoms with Gasteiger partial charge in [0.05, 0.1) is 11.1 Å². The van der Waals surface area contributed by atoms with Gasteiger partial charge in [-0.05, 0) is 60.3 Å². The van der Waals surface area contributed by atoms with Crippen LogP contribution in [-0.2, 0) is 21.1 Å². The molecule has 0 fully saturated rings. The second-order valence-corrected chi connectivity index (χ2v) is 10.2. The Morgan fingerprint density at radius 1 is 0.750 bits per heavy atom. The molecule has 6 nitrogen and oxygen atoms in total. The number of pyridine rings is 1. The zero-order valence-electron chi connectivity index (χ0n) is 29.1. The molecule has 1 aliphatic heterocycles. The van der Waals surface area contributed by atoms with Crippen molar-refractivity contribution < 1.29 is 34.2 Å². The van der Waals surface area contributed by atoms with Gasteiger partial charge >= 0.3 is 0 Å². The minimum absolute atomic E-state index is 0. The van der Waals surface area contributed by atoms with Crippen molar-refractivity contribution >= 4 is 55.9 Å². The predicted octanol–water partition coefficient (Wildman–Crippen LogP) is 8.98. The Kier molecular flexibility index (Phi) is 5.59. The molecule has 0 spiro atoms. The maximum absolute atomic E-state index is 8.06. The molecule has 44 heavy (non-hydrogen) atoms. The minimum atomic E-state index is -2.47. The smallest absolute Gasteiger partial charge is 0.145 e. The van der Waals surface area contributed by atoms with Gasteiger partial charge in [0, 0.05) is 48.3 Å². The quantitative estimate of drug-likeness (QED) is 0.130. The summed E-state index contributed by atoms with van der Waals surface area (Å²) >= 11 is 0. The standard InChI is InChI=1S/C37H27N5O.Pt/c1-26-21-22-38-37(23-26)41-33-16-7-6-15-31(33)32-20-19-29(25-36(32)41)40(27-11-4-3-5-12-27)28-13-10-14-30(24-28)42-35-18-9-8-17-34(35)39(2)43-42;/h3-23H,1-2H3;/q-2;/p+1/i1D3,2D3;. The number of hydrogen-bond donors (Lipinski definition) is 0. The van der Waals surface area contributed by atoms with E-state index in [9.17, 15) is 0 Å². The first-order valence-corrected chi connectivity index (χ1v) is 13.8. The van der Waals surface area contributed by atoms with Crippen molar-refractivity contribution in [3.8, 4) is 5.82 Å². The van der Waals surface area contributed by atoms with Crippen molar-refractivity contribution in [1.29, 1.82) is 0 Å². The Balaban J connectivity index is 0.00000392. The van der Waals surface area contributed by atoms with Crippen molar-refractivity contribution in [3.05, 3.63) is 145 Å². The van der Waals surface area contributed by atoms with Crippen LogP contribution in [-0.4, -0.2) is 21.5 Å². The van der Waals surface area contributed by atoms with Gasteiger partial charge in [0.1, 0.15) is 17.2 Å². The molecule has 7 aromatic rings. The zero-order chi connectivity index (χ0) is 33.9. The molecule has 0 amide bonds. The van der Waals surface area contributed by atoms with Gasteiger partial charge in [0.15, 0.2) is 0 Å². The van der Waals surface area contributed by atoms with E-state index in [1.165, 1.54) is 12.3 Å². The molecule has 218 valence electrons. The van der Waals surface area contributed by atoms with E-state index in [1.807, 2.05) is 107 Å². The van der Waals surface area contributed by atoms with Gasteiger partial charge in [-0.3, -0.25) is 0 Å². The maximum Gasteiger partial charge on any atom is 0.145 e. The summed E-state index contributed by atoms with van der Waals surface area (Å²) in [6.07, 6.45) is 1.52. The van der Waals surface area contributed by atoms with Crippen LogP contribution in [0.1, 0.15) is 13.8 Å². The first-order valence-electron chi connectivity index (χ1n) is 16.8. The van der Waals surface area contributed by atoms with E-state index in [1.54, 1.807) is 23.3 Å². The molecule has 0 atom stereocenters. The van der Waals surface area contributed by atoms with Crippen LogP contribution in [0.2, 0.25) is 0 Å². The molecule has 2 aromatic heterocycles. The van der Waals surface area contributed by atoms with Gasteiger partial charge in [-0.1, -0.05) is 65.4 Å². The number of para-hydroxylation sites is 4.